The van der Waals surface area contributed by atoms with E-state index in [2.05, 4.69) is 52.1 Å². The van der Waals surface area contributed by atoms with Crippen molar-refractivity contribution in [2.24, 2.45) is 0 Å². The number of furan rings is 1. The molecule has 2 aromatic carbocycles. The van der Waals surface area contributed by atoms with Crippen molar-refractivity contribution in [1.29, 1.82) is 0 Å². The van der Waals surface area contributed by atoms with Gasteiger partial charge in [-0.25, -0.2) is 0 Å². The van der Waals surface area contributed by atoms with Crippen molar-refractivity contribution in [3.8, 4) is 5.75 Å². The first-order valence-electron chi connectivity index (χ1n) is 8.17. The predicted octanol–water partition coefficient (Wildman–Crippen LogP) is 6.23. The molecule has 5 heteroatoms. The number of benzene rings is 2. The van der Waals surface area contributed by atoms with Gasteiger partial charge in [0.2, 0.25) is 0 Å². The van der Waals surface area contributed by atoms with Gasteiger partial charge in [-0.05, 0) is 76.2 Å². The van der Waals surface area contributed by atoms with E-state index in [1.165, 1.54) is 0 Å². The first-order chi connectivity index (χ1) is 11.9. The Kier molecular flexibility index (Phi) is 5.72. The summed E-state index contributed by atoms with van der Waals surface area (Å²) in [5, 5.41) is 10.8. The molecule has 1 aromatic heterocycles. The minimum absolute atomic E-state index is 0.0497. The van der Waals surface area contributed by atoms with Crippen LogP contribution < -0.4 is 0 Å². The van der Waals surface area contributed by atoms with Gasteiger partial charge in [-0.2, -0.15) is 0 Å². The quantitative estimate of drug-likeness (QED) is 0.298. The van der Waals surface area contributed by atoms with E-state index in [0.717, 1.165) is 41.6 Å². The number of carbonyl (C=O) groups is 1. The van der Waals surface area contributed by atoms with E-state index in [9.17, 15) is 9.90 Å². The molecule has 0 spiro atoms. The van der Waals surface area contributed by atoms with Crippen molar-refractivity contribution in [2.75, 3.05) is 0 Å². The van der Waals surface area contributed by atoms with Crippen LogP contribution in [0.5, 0.6) is 5.75 Å². The van der Waals surface area contributed by atoms with Gasteiger partial charge in [0.1, 0.15) is 17.1 Å². The molecule has 1 N–H and O–H groups in total. The van der Waals surface area contributed by atoms with Crippen LogP contribution in [0.25, 0.3) is 11.0 Å². The molecule has 0 fully saturated rings. The first-order valence-corrected chi connectivity index (χ1v) is 10.3. The summed E-state index contributed by atoms with van der Waals surface area (Å²) >= 11 is 4.10. The molecular weight excluding hydrogens is 542 g/mol. The number of carbonyl (C=O) groups excluding carboxylic acids is 1. The van der Waals surface area contributed by atoms with E-state index in [0.29, 0.717) is 18.3 Å². The molecule has 3 rings (SSSR count). The largest absolute Gasteiger partial charge is 0.506 e. The van der Waals surface area contributed by atoms with E-state index in [-0.39, 0.29) is 11.5 Å². The number of hydrogen-bond donors (Lipinski definition) is 1. The third kappa shape index (κ3) is 3.58. The van der Waals surface area contributed by atoms with Gasteiger partial charge in [0.25, 0.3) is 0 Å². The maximum absolute atomic E-state index is 13.3. The van der Waals surface area contributed by atoms with Crippen LogP contribution >= 0.6 is 45.2 Å². The molecule has 0 aliphatic rings. The molecule has 1 heterocycles. The molecular formula is C20H18I2O3. The van der Waals surface area contributed by atoms with Crippen molar-refractivity contribution >= 4 is 61.9 Å². The highest BCUT2D eigenvalue weighted by Gasteiger charge is 2.23. The number of rotatable bonds is 5. The average Bonchev–Trinajstić information content (AvgIpc) is 2.96. The second-order valence-electron chi connectivity index (χ2n) is 6.07. The monoisotopic (exact) mass is 560 g/mol. The summed E-state index contributed by atoms with van der Waals surface area (Å²) in [5.74, 6) is 0.928. The number of aryl methyl sites for hydroxylation is 2. The predicted molar refractivity (Wildman–Crippen MR) is 117 cm³/mol. The Morgan fingerprint density at radius 1 is 1.20 bits per heavy atom. The van der Waals surface area contributed by atoms with Crippen LogP contribution in [0, 0.1) is 14.1 Å². The minimum Gasteiger partial charge on any atom is -0.506 e. The van der Waals surface area contributed by atoms with E-state index < -0.39 is 0 Å². The van der Waals surface area contributed by atoms with Crippen LogP contribution in [0.15, 0.2) is 34.7 Å². The molecule has 0 radical (unpaired) electrons. The molecule has 130 valence electrons. The lowest BCUT2D eigenvalue weighted by molar-refractivity contribution is 0.103. The second kappa shape index (κ2) is 7.65. The number of para-hydroxylation sites is 1. The Labute approximate surface area is 174 Å². The lowest BCUT2D eigenvalue weighted by Gasteiger charge is -2.06. The van der Waals surface area contributed by atoms with Crippen molar-refractivity contribution in [3.05, 3.63) is 59.9 Å². The van der Waals surface area contributed by atoms with Crippen LogP contribution in [-0.4, -0.2) is 10.9 Å². The van der Waals surface area contributed by atoms with Crippen LogP contribution in [0.1, 0.15) is 47.0 Å². The number of unbranched alkanes of at least 4 members (excludes halogenated alkanes) is 1. The number of aromatic hydroxyl groups is 1. The van der Waals surface area contributed by atoms with Gasteiger partial charge in [0, 0.05) is 17.4 Å². The van der Waals surface area contributed by atoms with Crippen molar-refractivity contribution in [1.82, 2.24) is 0 Å². The van der Waals surface area contributed by atoms with Gasteiger partial charge in [-0.3, -0.25) is 4.79 Å². The third-order valence-electron chi connectivity index (χ3n) is 4.25. The number of halogens is 2. The molecule has 0 aliphatic heterocycles. The fourth-order valence-corrected chi connectivity index (χ4v) is 4.68. The Morgan fingerprint density at radius 2 is 1.88 bits per heavy atom. The molecule has 0 saturated carbocycles. The number of phenols is 1. The van der Waals surface area contributed by atoms with Crippen LogP contribution in [-0.2, 0) is 6.42 Å². The molecule has 25 heavy (non-hydrogen) atoms. The van der Waals surface area contributed by atoms with E-state index >= 15 is 0 Å². The summed E-state index contributed by atoms with van der Waals surface area (Å²) in [6.07, 6.45) is 2.76. The van der Waals surface area contributed by atoms with Gasteiger partial charge >= 0.3 is 0 Å². The summed E-state index contributed by atoms with van der Waals surface area (Å²) in [6.45, 7) is 4.12. The maximum Gasteiger partial charge on any atom is 0.197 e. The zero-order valence-corrected chi connectivity index (χ0v) is 18.3. The standard InChI is InChI=1S/C20H18I2O3/c1-3-4-8-16-17(13-7-5-6-11(2)20(13)25-16)18(23)12-9-14(21)19(24)15(22)10-12/h5-7,9-10,24H,3-4,8H2,1-2H3. The zero-order chi connectivity index (χ0) is 18.1. The minimum atomic E-state index is -0.0497. The average molecular weight is 560 g/mol. The highest BCUT2D eigenvalue weighted by molar-refractivity contribution is 14.1. The summed E-state index contributed by atoms with van der Waals surface area (Å²) in [6, 6.07) is 9.37. The molecule has 0 unspecified atom stereocenters. The maximum atomic E-state index is 13.3. The molecule has 0 atom stereocenters. The summed E-state index contributed by atoms with van der Waals surface area (Å²) in [7, 11) is 0. The smallest absolute Gasteiger partial charge is 0.197 e. The van der Waals surface area contributed by atoms with Gasteiger partial charge in [0.05, 0.1) is 12.7 Å². The Bertz CT molecular complexity index is 934. The Balaban J connectivity index is 2.19. The molecule has 3 aromatic rings. The molecule has 0 amide bonds. The highest BCUT2D eigenvalue weighted by Crippen LogP contribution is 2.33. The topological polar surface area (TPSA) is 50.4 Å². The fraction of sp³-hybridized carbons (Fsp3) is 0.250. The molecule has 0 saturated heterocycles. The molecule has 0 bridgehead atoms. The SMILES string of the molecule is CCCCc1oc2c(C)cccc2c1C(=O)c1cc(I)c(O)c(I)c1. The summed E-state index contributed by atoms with van der Waals surface area (Å²) in [5.41, 5.74) is 3.06. The lowest BCUT2D eigenvalue weighted by atomic mass is 9.97. The first kappa shape index (κ1) is 18.7. The highest BCUT2D eigenvalue weighted by atomic mass is 127. The zero-order valence-electron chi connectivity index (χ0n) is 14.0. The van der Waals surface area contributed by atoms with Crippen molar-refractivity contribution in [3.63, 3.8) is 0 Å². The molecule has 3 nitrogen and oxygen atoms in total. The third-order valence-corrected chi connectivity index (χ3v) is 5.89. The van der Waals surface area contributed by atoms with Gasteiger partial charge in [-0.15, -0.1) is 0 Å². The van der Waals surface area contributed by atoms with Gasteiger partial charge in [-0.1, -0.05) is 31.5 Å². The lowest BCUT2D eigenvalue weighted by Crippen LogP contribution is -2.05. The van der Waals surface area contributed by atoms with E-state index in [4.69, 9.17) is 4.42 Å². The van der Waals surface area contributed by atoms with Crippen LogP contribution in [0.3, 0.4) is 0 Å². The van der Waals surface area contributed by atoms with Crippen LogP contribution in [0.4, 0.5) is 0 Å². The van der Waals surface area contributed by atoms with Gasteiger partial charge in [0.15, 0.2) is 5.78 Å². The number of ketones is 1. The fourth-order valence-electron chi connectivity index (χ4n) is 2.91. The second-order valence-corrected chi connectivity index (χ2v) is 8.40. The van der Waals surface area contributed by atoms with E-state index in [1.807, 2.05) is 25.1 Å². The normalized spacial score (nSPS) is 11.2. The Morgan fingerprint density at radius 3 is 2.52 bits per heavy atom. The van der Waals surface area contributed by atoms with E-state index in [1.54, 1.807) is 12.1 Å². The number of fused-ring (bicyclic) bond motifs is 1. The number of hydrogen-bond acceptors (Lipinski definition) is 3. The van der Waals surface area contributed by atoms with Gasteiger partial charge < -0.3 is 9.52 Å². The van der Waals surface area contributed by atoms with Crippen molar-refractivity contribution in [2.45, 2.75) is 33.1 Å². The van der Waals surface area contributed by atoms with Crippen LogP contribution in [0.2, 0.25) is 0 Å². The summed E-state index contributed by atoms with van der Waals surface area (Å²) < 4.78 is 7.43. The Hall–Kier alpha value is -1.09. The summed E-state index contributed by atoms with van der Waals surface area (Å²) in [4.78, 5) is 13.3. The van der Waals surface area contributed by atoms with Crippen molar-refractivity contribution < 1.29 is 14.3 Å². The number of phenolic OH excluding ortho intramolecular Hbond substituents is 1. The molecule has 0 aliphatic carbocycles.